The summed E-state index contributed by atoms with van der Waals surface area (Å²) < 4.78 is 10.3. The van der Waals surface area contributed by atoms with Crippen molar-refractivity contribution in [2.45, 2.75) is 6.42 Å². The van der Waals surface area contributed by atoms with Gasteiger partial charge in [-0.2, -0.15) is 4.79 Å². The van der Waals surface area contributed by atoms with Gasteiger partial charge in [0.2, 0.25) is 0 Å². The average Bonchev–Trinajstić information content (AvgIpc) is 2.85. The van der Waals surface area contributed by atoms with E-state index in [9.17, 15) is 4.79 Å². The third kappa shape index (κ3) is 2.85. The number of rotatable bonds is 5. The molecule has 0 atom stereocenters. The van der Waals surface area contributed by atoms with Gasteiger partial charge in [0.05, 0.1) is 14.2 Å². The predicted molar refractivity (Wildman–Crippen MR) is 70.0 cm³/mol. The maximum absolute atomic E-state index is 12.0. The molecule has 0 radical (unpaired) electrons. The molecule has 0 aliphatic carbocycles. The molecule has 0 aliphatic heterocycles. The summed E-state index contributed by atoms with van der Waals surface area (Å²) in [5.41, 5.74) is 1.17. The van der Waals surface area contributed by atoms with Crippen LogP contribution >= 0.6 is 0 Å². The van der Waals surface area contributed by atoms with Crippen molar-refractivity contribution in [3.8, 4) is 11.5 Å². The second-order valence-electron chi connectivity index (χ2n) is 3.97. The highest BCUT2D eigenvalue weighted by Crippen LogP contribution is 2.27. The van der Waals surface area contributed by atoms with Crippen LogP contribution in [-0.4, -0.2) is 29.9 Å². The van der Waals surface area contributed by atoms with Gasteiger partial charge >= 0.3 is 0 Å². The first kappa shape index (κ1) is 12.9. The molecule has 2 aromatic rings. The number of nitrogens with two attached hydrogens (primary N) is 1. The molecule has 0 fully saturated rings. The van der Waals surface area contributed by atoms with Gasteiger partial charge in [0.15, 0.2) is 17.3 Å². The number of aromatic nitrogens is 2. The van der Waals surface area contributed by atoms with Crippen LogP contribution in [0.25, 0.3) is 0 Å². The SMILES string of the molecule is COc1ccc(CC(=O)c2ccn(N)n2)cc1OC. The van der Waals surface area contributed by atoms with Crippen molar-refractivity contribution in [3.63, 3.8) is 0 Å². The minimum atomic E-state index is -0.101. The molecule has 0 amide bonds. The van der Waals surface area contributed by atoms with Gasteiger partial charge in [0.25, 0.3) is 0 Å². The zero-order chi connectivity index (χ0) is 13.8. The van der Waals surface area contributed by atoms with E-state index >= 15 is 0 Å². The molecular formula is C13H15N3O3. The maximum Gasteiger partial charge on any atom is 0.187 e. The van der Waals surface area contributed by atoms with E-state index in [1.165, 1.54) is 6.20 Å². The number of hydrogen-bond acceptors (Lipinski definition) is 5. The Morgan fingerprint density at radius 3 is 2.58 bits per heavy atom. The van der Waals surface area contributed by atoms with Gasteiger partial charge in [0, 0.05) is 12.6 Å². The Labute approximate surface area is 110 Å². The van der Waals surface area contributed by atoms with Crippen LogP contribution in [0.2, 0.25) is 0 Å². The molecule has 0 aliphatic rings. The summed E-state index contributed by atoms with van der Waals surface area (Å²) in [6.07, 6.45) is 1.76. The lowest BCUT2D eigenvalue weighted by molar-refractivity contribution is 0.0987. The average molecular weight is 261 g/mol. The molecule has 1 aromatic heterocycles. The molecule has 1 aromatic carbocycles. The fraction of sp³-hybridized carbons (Fsp3) is 0.231. The number of nitrogens with zero attached hydrogens (tertiary/aromatic N) is 2. The van der Waals surface area contributed by atoms with Gasteiger partial charge in [-0.1, -0.05) is 6.07 Å². The van der Waals surface area contributed by atoms with Crippen molar-refractivity contribution in [1.82, 2.24) is 9.89 Å². The topological polar surface area (TPSA) is 79.4 Å². The number of ketones is 1. The first-order valence-corrected chi connectivity index (χ1v) is 5.69. The van der Waals surface area contributed by atoms with Crippen molar-refractivity contribution in [2.24, 2.45) is 0 Å². The van der Waals surface area contributed by atoms with Crippen LogP contribution in [0.1, 0.15) is 16.1 Å². The number of benzene rings is 1. The van der Waals surface area contributed by atoms with Gasteiger partial charge in [-0.05, 0) is 23.8 Å². The molecule has 19 heavy (non-hydrogen) atoms. The molecule has 0 saturated carbocycles. The van der Waals surface area contributed by atoms with Gasteiger partial charge in [-0.25, -0.2) is 0 Å². The Balaban J connectivity index is 2.17. The second kappa shape index (κ2) is 5.43. The molecule has 2 rings (SSSR count). The highest BCUT2D eigenvalue weighted by molar-refractivity contribution is 5.95. The smallest absolute Gasteiger partial charge is 0.187 e. The summed E-state index contributed by atoms with van der Waals surface area (Å²) in [7, 11) is 3.12. The van der Waals surface area contributed by atoms with Gasteiger partial charge < -0.3 is 15.3 Å². The monoisotopic (exact) mass is 261 g/mol. The number of ether oxygens (including phenoxy) is 2. The minimum Gasteiger partial charge on any atom is -0.493 e. The Bertz CT molecular complexity index is 593. The summed E-state index contributed by atoms with van der Waals surface area (Å²) in [5.74, 6) is 6.53. The number of hydrogen-bond donors (Lipinski definition) is 1. The fourth-order valence-electron chi connectivity index (χ4n) is 1.75. The lowest BCUT2D eigenvalue weighted by atomic mass is 10.1. The first-order valence-electron chi connectivity index (χ1n) is 5.69. The lowest BCUT2D eigenvalue weighted by Crippen LogP contribution is -2.11. The quantitative estimate of drug-likeness (QED) is 0.642. The first-order chi connectivity index (χ1) is 9.13. The maximum atomic E-state index is 12.0. The Morgan fingerprint density at radius 2 is 2.00 bits per heavy atom. The van der Waals surface area contributed by atoms with E-state index < -0.39 is 0 Å². The second-order valence-corrected chi connectivity index (χ2v) is 3.97. The zero-order valence-corrected chi connectivity index (χ0v) is 10.8. The van der Waals surface area contributed by atoms with Crippen LogP contribution in [0.15, 0.2) is 30.5 Å². The van der Waals surface area contributed by atoms with Crippen LogP contribution in [0.5, 0.6) is 11.5 Å². The third-order valence-corrected chi connectivity index (χ3v) is 2.71. The van der Waals surface area contributed by atoms with Crippen molar-refractivity contribution >= 4 is 5.78 Å². The molecule has 100 valence electrons. The van der Waals surface area contributed by atoms with E-state index in [1.807, 2.05) is 6.07 Å². The van der Waals surface area contributed by atoms with Gasteiger partial charge in [0.1, 0.15) is 5.69 Å². The van der Waals surface area contributed by atoms with Crippen molar-refractivity contribution in [2.75, 3.05) is 20.1 Å². The minimum absolute atomic E-state index is 0.101. The summed E-state index contributed by atoms with van der Waals surface area (Å²) in [5, 5.41) is 3.87. The van der Waals surface area contributed by atoms with Crippen molar-refractivity contribution in [1.29, 1.82) is 0 Å². The Kier molecular flexibility index (Phi) is 3.70. The molecule has 0 unspecified atom stereocenters. The highest BCUT2D eigenvalue weighted by atomic mass is 16.5. The molecule has 6 heteroatoms. The normalized spacial score (nSPS) is 10.2. The number of nitrogen functional groups attached to an aromatic ring is 1. The third-order valence-electron chi connectivity index (χ3n) is 2.71. The molecular weight excluding hydrogens is 246 g/mol. The molecule has 6 nitrogen and oxygen atoms in total. The molecule has 0 spiro atoms. The van der Waals surface area contributed by atoms with E-state index in [4.69, 9.17) is 15.3 Å². The lowest BCUT2D eigenvalue weighted by Gasteiger charge is -2.08. The molecule has 0 saturated heterocycles. The summed E-state index contributed by atoms with van der Waals surface area (Å²) in [6, 6.07) is 6.95. The van der Waals surface area contributed by atoms with E-state index in [1.54, 1.807) is 32.4 Å². The summed E-state index contributed by atoms with van der Waals surface area (Å²) in [6.45, 7) is 0. The Morgan fingerprint density at radius 1 is 1.26 bits per heavy atom. The standard InChI is InChI=1S/C13H15N3O3/c1-18-12-4-3-9(8-13(12)19-2)7-11(17)10-5-6-16(14)15-10/h3-6,8H,7,14H2,1-2H3. The van der Waals surface area contributed by atoms with Crippen LogP contribution in [0, 0.1) is 0 Å². The van der Waals surface area contributed by atoms with Gasteiger partial charge in [-0.15, -0.1) is 5.10 Å². The van der Waals surface area contributed by atoms with Crippen LogP contribution < -0.4 is 15.3 Å². The zero-order valence-electron chi connectivity index (χ0n) is 10.8. The summed E-state index contributed by atoms with van der Waals surface area (Å²) in [4.78, 5) is 13.1. The van der Waals surface area contributed by atoms with Crippen LogP contribution in [0.4, 0.5) is 0 Å². The number of Topliss-reactive ketones (excluding diaryl/α,β-unsaturated/α-hetero) is 1. The number of carbonyl (C=O) groups is 1. The van der Waals surface area contributed by atoms with Crippen LogP contribution in [0.3, 0.4) is 0 Å². The van der Waals surface area contributed by atoms with E-state index in [0.717, 1.165) is 10.4 Å². The molecule has 0 bridgehead atoms. The number of methoxy groups -OCH3 is 2. The van der Waals surface area contributed by atoms with Crippen molar-refractivity contribution < 1.29 is 14.3 Å². The van der Waals surface area contributed by atoms with E-state index in [0.29, 0.717) is 17.2 Å². The van der Waals surface area contributed by atoms with Crippen LogP contribution in [-0.2, 0) is 6.42 Å². The van der Waals surface area contributed by atoms with Gasteiger partial charge in [-0.3, -0.25) is 4.79 Å². The molecule has 2 N–H and O–H groups in total. The Hall–Kier alpha value is -2.50. The van der Waals surface area contributed by atoms with E-state index in [-0.39, 0.29) is 12.2 Å². The fourth-order valence-corrected chi connectivity index (χ4v) is 1.75. The number of carbonyl (C=O) groups excluding carboxylic acids is 1. The highest BCUT2D eigenvalue weighted by Gasteiger charge is 2.12. The largest absolute Gasteiger partial charge is 0.493 e. The molecule has 1 heterocycles. The van der Waals surface area contributed by atoms with E-state index in [2.05, 4.69) is 5.10 Å². The van der Waals surface area contributed by atoms with Crippen molar-refractivity contribution in [3.05, 3.63) is 41.7 Å². The predicted octanol–water partition coefficient (Wildman–Crippen LogP) is 1.04. The summed E-state index contributed by atoms with van der Waals surface area (Å²) >= 11 is 0.